The molecule has 4 radical (unpaired) electrons. The van der Waals surface area contributed by atoms with Crippen LogP contribution in [0.4, 0.5) is 0 Å². The van der Waals surface area contributed by atoms with Crippen LogP contribution in [0.15, 0.2) is 23.3 Å². The van der Waals surface area contributed by atoms with Gasteiger partial charge >= 0.3 is 0 Å². The molecular formula is C6H8B2N2. The summed E-state index contributed by atoms with van der Waals surface area (Å²) < 4.78 is 0. The molecule has 0 aromatic rings. The summed E-state index contributed by atoms with van der Waals surface area (Å²) in [6, 6.07) is 0. The van der Waals surface area contributed by atoms with Crippen molar-refractivity contribution in [3.05, 3.63) is 23.3 Å². The van der Waals surface area contributed by atoms with Crippen LogP contribution in [0.2, 0.25) is 0 Å². The highest BCUT2D eigenvalue weighted by atomic mass is 14.5. The Labute approximate surface area is 63.5 Å². The summed E-state index contributed by atoms with van der Waals surface area (Å²) in [7, 11) is 10.4. The van der Waals surface area contributed by atoms with Crippen LogP contribution in [0.1, 0.15) is 6.92 Å². The summed E-state index contributed by atoms with van der Waals surface area (Å²) in [5.74, 6) is 0. The first kappa shape index (κ1) is 9.08. The van der Waals surface area contributed by atoms with E-state index in [9.17, 15) is 0 Å². The summed E-state index contributed by atoms with van der Waals surface area (Å²) >= 11 is 0. The van der Waals surface area contributed by atoms with Crippen molar-refractivity contribution in [3.63, 3.8) is 0 Å². The highest BCUT2D eigenvalue weighted by Crippen LogP contribution is 1.93. The molecule has 2 nitrogen and oxygen atoms in total. The summed E-state index contributed by atoms with van der Waals surface area (Å²) in [6.07, 6.45) is 2.88. The molecule has 0 rings (SSSR count). The lowest BCUT2D eigenvalue weighted by Gasteiger charge is -1.94. The lowest BCUT2D eigenvalue weighted by Crippen LogP contribution is -1.96. The van der Waals surface area contributed by atoms with E-state index < -0.39 is 0 Å². The minimum Gasteiger partial charge on any atom is -0.403 e. The van der Waals surface area contributed by atoms with E-state index in [-0.39, 0.29) is 5.61 Å². The van der Waals surface area contributed by atoms with Gasteiger partial charge in [0.1, 0.15) is 15.7 Å². The first-order valence-corrected chi connectivity index (χ1v) is 2.78. The minimum atomic E-state index is -0.0378. The standard InChI is InChI=1S/C6H8B2N2/c1-4(9)5(7)2-3-6(8)10/h2-3,10H,9H2,1H3/b3-2-,5-4-,10-6?. The van der Waals surface area contributed by atoms with Crippen molar-refractivity contribution in [2.75, 3.05) is 0 Å². The second-order valence-electron chi connectivity index (χ2n) is 1.93. The summed E-state index contributed by atoms with van der Waals surface area (Å²) in [4.78, 5) is 0. The van der Waals surface area contributed by atoms with Crippen molar-refractivity contribution in [1.82, 2.24) is 0 Å². The Balaban J connectivity index is 4.16. The zero-order valence-corrected chi connectivity index (χ0v) is 5.89. The molecule has 10 heavy (non-hydrogen) atoms. The first-order valence-electron chi connectivity index (χ1n) is 2.78. The van der Waals surface area contributed by atoms with Crippen LogP contribution < -0.4 is 5.73 Å². The summed E-state index contributed by atoms with van der Waals surface area (Å²) in [6.45, 7) is 1.68. The number of allylic oxidation sites excluding steroid dienone is 4. The Morgan fingerprint density at radius 1 is 1.40 bits per heavy atom. The zero-order valence-electron chi connectivity index (χ0n) is 5.89. The maximum atomic E-state index is 6.80. The predicted octanol–water partition coefficient (Wildman–Crippen LogP) is 0.0471. The Hall–Kier alpha value is -0.920. The molecule has 0 aromatic carbocycles. The van der Waals surface area contributed by atoms with Crippen LogP contribution in [0.5, 0.6) is 0 Å². The van der Waals surface area contributed by atoms with E-state index in [4.69, 9.17) is 26.8 Å². The molecule has 0 heterocycles. The second kappa shape index (κ2) is 3.99. The van der Waals surface area contributed by atoms with Crippen LogP contribution in [0.3, 0.4) is 0 Å². The molecule has 0 fully saturated rings. The quantitative estimate of drug-likeness (QED) is 0.309. The van der Waals surface area contributed by atoms with Crippen molar-refractivity contribution in [2.24, 2.45) is 5.73 Å². The zero-order chi connectivity index (χ0) is 8.15. The Morgan fingerprint density at radius 3 is 2.20 bits per heavy atom. The van der Waals surface area contributed by atoms with Crippen molar-refractivity contribution >= 4 is 21.3 Å². The first-order chi connectivity index (χ1) is 4.54. The highest BCUT2D eigenvalue weighted by Gasteiger charge is 1.84. The van der Waals surface area contributed by atoms with E-state index in [2.05, 4.69) is 0 Å². The third-order valence-corrected chi connectivity index (χ3v) is 0.898. The third kappa shape index (κ3) is 4.01. The van der Waals surface area contributed by atoms with Gasteiger partial charge in [0, 0.05) is 0 Å². The van der Waals surface area contributed by atoms with E-state index in [0.717, 1.165) is 0 Å². The fourth-order valence-electron chi connectivity index (χ4n) is 0.311. The molecule has 0 saturated heterocycles. The van der Waals surface area contributed by atoms with Gasteiger partial charge in [0.2, 0.25) is 0 Å². The molecule has 0 amide bonds. The molecule has 0 atom stereocenters. The number of hydrogen-bond donors (Lipinski definition) is 2. The van der Waals surface area contributed by atoms with Crippen molar-refractivity contribution in [2.45, 2.75) is 6.92 Å². The molecule has 0 unspecified atom stereocenters. The van der Waals surface area contributed by atoms with E-state index in [1.165, 1.54) is 12.2 Å². The molecule has 0 aromatic heterocycles. The summed E-state index contributed by atoms with van der Waals surface area (Å²) in [5, 5.41) is 6.80. The van der Waals surface area contributed by atoms with Gasteiger partial charge < -0.3 is 11.1 Å². The average Bonchev–Trinajstić information content (AvgIpc) is 1.82. The molecule has 3 N–H and O–H groups in total. The molecule has 0 aliphatic heterocycles. The van der Waals surface area contributed by atoms with Gasteiger partial charge in [-0.25, -0.2) is 0 Å². The van der Waals surface area contributed by atoms with Crippen molar-refractivity contribution in [3.8, 4) is 0 Å². The van der Waals surface area contributed by atoms with Crippen LogP contribution in [-0.2, 0) is 0 Å². The smallest absolute Gasteiger partial charge is 0.140 e. The van der Waals surface area contributed by atoms with Crippen LogP contribution in [0.25, 0.3) is 0 Å². The Bertz CT molecular complexity index is 190. The largest absolute Gasteiger partial charge is 0.403 e. The minimum absolute atomic E-state index is 0.0378. The number of nitrogens with one attached hydrogen (secondary N) is 1. The van der Waals surface area contributed by atoms with Gasteiger partial charge in [0.05, 0.1) is 0 Å². The van der Waals surface area contributed by atoms with Crippen LogP contribution in [-0.4, -0.2) is 21.3 Å². The molecular weight excluding hydrogens is 122 g/mol. The number of nitrogens with two attached hydrogens (primary N) is 1. The van der Waals surface area contributed by atoms with Crippen molar-refractivity contribution in [1.29, 1.82) is 5.41 Å². The maximum Gasteiger partial charge on any atom is 0.140 e. The summed E-state index contributed by atoms with van der Waals surface area (Å²) in [5.41, 5.74) is 6.24. The molecule has 4 heteroatoms. The lowest BCUT2D eigenvalue weighted by atomic mass is 9.91. The van der Waals surface area contributed by atoms with Gasteiger partial charge in [-0.3, -0.25) is 0 Å². The van der Waals surface area contributed by atoms with Gasteiger partial charge in [-0.15, -0.1) is 0 Å². The van der Waals surface area contributed by atoms with Gasteiger partial charge in [-0.2, -0.15) is 0 Å². The molecule has 0 saturated carbocycles. The van der Waals surface area contributed by atoms with Crippen LogP contribution in [0, 0.1) is 5.41 Å². The topological polar surface area (TPSA) is 49.9 Å². The lowest BCUT2D eigenvalue weighted by molar-refractivity contribution is 1.30. The molecule has 0 spiro atoms. The molecule has 48 valence electrons. The third-order valence-electron chi connectivity index (χ3n) is 0.898. The van der Waals surface area contributed by atoms with Gasteiger partial charge in [0.15, 0.2) is 0 Å². The van der Waals surface area contributed by atoms with Gasteiger partial charge in [-0.1, -0.05) is 17.6 Å². The molecule has 0 bridgehead atoms. The maximum absolute atomic E-state index is 6.80. The second-order valence-corrected chi connectivity index (χ2v) is 1.93. The Kier molecular flexibility index (Phi) is 3.62. The van der Waals surface area contributed by atoms with Crippen molar-refractivity contribution < 1.29 is 0 Å². The number of hydrogen-bond acceptors (Lipinski definition) is 2. The normalized spacial score (nSPS) is 13.3. The highest BCUT2D eigenvalue weighted by molar-refractivity contribution is 6.62. The average molecular weight is 130 g/mol. The van der Waals surface area contributed by atoms with Crippen LogP contribution >= 0.6 is 0 Å². The van der Waals surface area contributed by atoms with E-state index in [1.54, 1.807) is 6.92 Å². The fourth-order valence-corrected chi connectivity index (χ4v) is 0.311. The van der Waals surface area contributed by atoms with E-state index >= 15 is 0 Å². The number of rotatable bonds is 2. The molecule has 0 aliphatic carbocycles. The van der Waals surface area contributed by atoms with E-state index in [1.807, 2.05) is 0 Å². The predicted molar refractivity (Wildman–Crippen MR) is 45.3 cm³/mol. The van der Waals surface area contributed by atoms with Gasteiger partial charge in [-0.05, 0) is 18.2 Å². The fraction of sp³-hybridized carbons (Fsp3) is 0.167. The van der Waals surface area contributed by atoms with E-state index in [0.29, 0.717) is 11.2 Å². The monoisotopic (exact) mass is 130 g/mol. The SMILES string of the molecule is [B]C(=N)/C=C\C([B])=C(/C)N. The molecule has 0 aliphatic rings. The van der Waals surface area contributed by atoms with Gasteiger partial charge in [0.25, 0.3) is 0 Å². The Morgan fingerprint density at radius 2 is 1.90 bits per heavy atom.